The summed E-state index contributed by atoms with van der Waals surface area (Å²) in [6.07, 6.45) is -0.952. The van der Waals surface area contributed by atoms with Crippen molar-refractivity contribution in [1.29, 1.82) is 0 Å². The lowest BCUT2D eigenvalue weighted by Crippen LogP contribution is -2.23. The monoisotopic (exact) mass is 243 g/mol. The smallest absolute Gasteiger partial charge is 0.411 e. The minimum absolute atomic E-state index is 0.685. The molecule has 1 aromatic rings. The number of carbonyl (C=O) groups is 1. The quantitative estimate of drug-likeness (QED) is 0.812. The number of halogens is 1. The van der Waals surface area contributed by atoms with Crippen molar-refractivity contribution in [2.24, 2.45) is 0 Å². The van der Waals surface area contributed by atoms with Crippen molar-refractivity contribution in [1.82, 2.24) is 0 Å². The predicted octanol–water partition coefficient (Wildman–Crippen LogP) is 2.70. The molecule has 4 heteroatoms. The Hall–Kier alpha value is -1.03. The summed E-state index contributed by atoms with van der Waals surface area (Å²) in [7, 11) is 1.52. The standard InChI is InChI=1S/C9H10BrNO2/c1-11(9(12)13)8-4-2-3-7(5-8)6-10/h2-5H,6H2,1H3,(H,12,13). The molecule has 1 amide bonds. The molecule has 0 fully saturated rings. The minimum atomic E-state index is -0.952. The molecule has 1 rings (SSSR count). The van der Waals surface area contributed by atoms with Gasteiger partial charge < -0.3 is 5.11 Å². The van der Waals surface area contributed by atoms with Gasteiger partial charge in [0.15, 0.2) is 0 Å². The Morgan fingerprint density at radius 2 is 2.31 bits per heavy atom. The topological polar surface area (TPSA) is 40.5 Å². The Labute approximate surface area is 85.1 Å². The van der Waals surface area contributed by atoms with Gasteiger partial charge in [-0.2, -0.15) is 0 Å². The number of hydrogen-bond acceptors (Lipinski definition) is 1. The number of nitrogens with zero attached hydrogens (tertiary/aromatic N) is 1. The maximum absolute atomic E-state index is 10.6. The Morgan fingerprint density at radius 1 is 1.62 bits per heavy atom. The molecule has 0 aliphatic carbocycles. The molecule has 0 saturated carbocycles. The van der Waals surface area contributed by atoms with E-state index in [0.717, 1.165) is 10.9 Å². The van der Waals surface area contributed by atoms with Crippen LogP contribution >= 0.6 is 15.9 Å². The average molecular weight is 244 g/mol. The molecule has 0 aromatic heterocycles. The van der Waals surface area contributed by atoms with E-state index < -0.39 is 6.09 Å². The lowest BCUT2D eigenvalue weighted by atomic mass is 10.2. The predicted molar refractivity (Wildman–Crippen MR) is 55.5 cm³/mol. The molecule has 3 nitrogen and oxygen atoms in total. The van der Waals surface area contributed by atoms with Crippen molar-refractivity contribution in [2.45, 2.75) is 5.33 Å². The molecule has 1 aromatic carbocycles. The molecule has 13 heavy (non-hydrogen) atoms. The van der Waals surface area contributed by atoms with E-state index in [4.69, 9.17) is 5.11 Å². The van der Waals surface area contributed by atoms with Gasteiger partial charge in [-0.3, -0.25) is 4.90 Å². The summed E-state index contributed by atoms with van der Waals surface area (Å²) >= 11 is 3.31. The lowest BCUT2D eigenvalue weighted by Gasteiger charge is -2.13. The van der Waals surface area contributed by atoms with Crippen LogP contribution in [0.5, 0.6) is 0 Å². The van der Waals surface area contributed by atoms with Gasteiger partial charge >= 0.3 is 6.09 Å². The molecule has 0 saturated heterocycles. The van der Waals surface area contributed by atoms with Crippen LogP contribution in [0.2, 0.25) is 0 Å². The van der Waals surface area contributed by atoms with Crippen molar-refractivity contribution >= 4 is 27.7 Å². The van der Waals surface area contributed by atoms with Crippen molar-refractivity contribution < 1.29 is 9.90 Å². The van der Waals surface area contributed by atoms with Crippen LogP contribution in [0.1, 0.15) is 5.56 Å². The molecule has 0 radical (unpaired) electrons. The van der Waals surface area contributed by atoms with E-state index in [1.54, 1.807) is 6.07 Å². The SMILES string of the molecule is CN(C(=O)O)c1cccc(CBr)c1. The van der Waals surface area contributed by atoms with Crippen LogP contribution in [-0.4, -0.2) is 18.2 Å². The van der Waals surface area contributed by atoms with Crippen LogP contribution in [-0.2, 0) is 5.33 Å². The highest BCUT2D eigenvalue weighted by molar-refractivity contribution is 9.08. The Morgan fingerprint density at radius 3 is 2.85 bits per heavy atom. The molecule has 0 bridgehead atoms. The first-order chi connectivity index (χ1) is 6.15. The van der Waals surface area contributed by atoms with E-state index in [1.807, 2.05) is 18.2 Å². The fourth-order valence-corrected chi connectivity index (χ4v) is 1.31. The van der Waals surface area contributed by atoms with Crippen molar-refractivity contribution in [3.05, 3.63) is 29.8 Å². The molecule has 0 atom stereocenters. The van der Waals surface area contributed by atoms with Gasteiger partial charge in [-0.25, -0.2) is 4.79 Å². The Kier molecular flexibility index (Phi) is 3.31. The number of amides is 1. The van der Waals surface area contributed by atoms with Crippen LogP contribution in [0.3, 0.4) is 0 Å². The molecular formula is C9H10BrNO2. The number of anilines is 1. The normalized spacial score (nSPS) is 9.69. The van der Waals surface area contributed by atoms with Crippen molar-refractivity contribution in [3.63, 3.8) is 0 Å². The largest absolute Gasteiger partial charge is 0.465 e. The maximum Gasteiger partial charge on any atom is 0.411 e. The molecule has 0 heterocycles. The second kappa shape index (κ2) is 4.28. The fraction of sp³-hybridized carbons (Fsp3) is 0.222. The molecule has 0 aliphatic heterocycles. The summed E-state index contributed by atoms with van der Waals surface area (Å²) in [6, 6.07) is 7.38. The van der Waals surface area contributed by atoms with Gasteiger partial charge in [-0.05, 0) is 17.7 Å². The van der Waals surface area contributed by atoms with Crippen LogP contribution in [0, 0.1) is 0 Å². The Bertz CT molecular complexity index is 314. The van der Waals surface area contributed by atoms with Crippen LogP contribution in [0.15, 0.2) is 24.3 Å². The van der Waals surface area contributed by atoms with Crippen LogP contribution in [0.25, 0.3) is 0 Å². The zero-order valence-electron chi connectivity index (χ0n) is 7.20. The first-order valence-electron chi connectivity index (χ1n) is 3.76. The molecule has 0 spiro atoms. The van der Waals surface area contributed by atoms with E-state index in [-0.39, 0.29) is 0 Å². The van der Waals surface area contributed by atoms with Gasteiger partial charge in [0.2, 0.25) is 0 Å². The summed E-state index contributed by atoms with van der Waals surface area (Å²) in [4.78, 5) is 11.8. The van der Waals surface area contributed by atoms with Crippen LogP contribution in [0.4, 0.5) is 10.5 Å². The number of hydrogen-bond donors (Lipinski definition) is 1. The third-order valence-corrected chi connectivity index (χ3v) is 2.39. The van der Waals surface area contributed by atoms with Crippen molar-refractivity contribution in [2.75, 3.05) is 11.9 Å². The first kappa shape index (κ1) is 10.1. The molecule has 70 valence electrons. The van der Waals surface area contributed by atoms with Gasteiger partial charge in [0, 0.05) is 18.1 Å². The fourth-order valence-electron chi connectivity index (χ4n) is 0.959. The van der Waals surface area contributed by atoms with E-state index >= 15 is 0 Å². The number of alkyl halides is 1. The Balaban J connectivity index is 2.94. The number of rotatable bonds is 2. The van der Waals surface area contributed by atoms with E-state index in [2.05, 4.69) is 15.9 Å². The molecule has 0 aliphatic rings. The van der Waals surface area contributed by atoms with Gasteiger partial charge in [0.1, 0.15) is 0 Å². The highest BCUT2D eigenvalue weighted by Gasteiger charge is 2.07. The third kappa shape index (κ3) is 2.45. The summed E-state index contributed by atoms with van der Waals surface area (Å²) in [5, 5.41) is 9.44. The summed E-state index contributed by atoms with van der Waals surface area (Å²) in [5.41, 5.74) is 1.75. The molecule has 1 N–H and O–H groups in total. The lowest BCUT2D eigenvalue weighted by molar-refractivity contribution is 0.203. The van der Waals surface area contributed by atoms with Gasteiger partial charge in [-0.15, -0.1) is 0 Å². The number of carboxylic acid groups (broad SMARTS) is 1. The highest BCUT2D eigenvalue weighted by atomic mass is 79.9. The number of benzene rings is 1. The summed E-state index contributed by atoms with van der Waals surface area (Å²) < 4.78 is 0. The van der Waals surface area contributed by atoms with Crippen molar-refractivity contribution in [3.8, 4) is 0 Å². The molecule has 0 unspecified atom stereocenters. The van der Waals surface area contributed by atoms with Gasteiger partial charge in [-0.1, -0.05) is 28.1 Å². The highest BCUT2D eigenvalue weighted by Crippen LogP contribution is 2.16. The summed E-state index contributed by atoms with van der Waals surface area (Å²) in [5.74, 6) is 0. The first-order valence-corrected chi connectivity index (χ1v) is 4.89. The third-order valence-electron chi connectivity index (χ3n) is 1.74. The second-order valence-corrected chi connectivity index (χ2v) is 3.21. The second-order valence-electron chi connectivity index (χ2n) is 2.65. The van der Waals surface area contributed by atoms with Gasteiger partial charge in [0.25, 0.3) is 0 Å². The zero-order valence-corrected chi connectivity index (χ0v) is 8.78. The van der Waals surface area contributed by atoms with E-state index in [0.29, 0.717) is 5.69 Å². The minimum Gasteiger partial charge on any atom is -0.465 e. The average Bonchev–Trinajstić information content (AvgIpc) is 2.16. The van der Waals surface area contributed by atoms with E-state index in [9.17, 15) is 4.79 Å². The van der Waals surface area contributed by atoms with Gasteiger partial charge in [0.05, 0.1) is 0 Å². The summed E-state index contributed by atoms with van der Waals surface area (Å²) in [6.45, 7) is 0. The van der Waals surface area contributed by atoms with Crippen LogP contribution < -0.4 is 4.90 Å². The molecular weight excluding hydrogens is 234 g/mol. The maximum atomic E-state index is 10.6. The zero-order chi connectivity index (χ0) is 9.84. The van der Waals surface area contributed by atoms with E-state index in [1.165, 1.54) is 11.9 Å².